The largest absolute Gasteiger partial charge is 0.480 e. The van der Waals surface area contributed by atoms with E-state index in [1.165, 1.54) is 18.2 Å². The molecule has 1 aromatic carbocycles. The lowest BCUT2D eigenvalue weighted by atomic mass is 10.2. The number of benzene rings is 1. The molecule has 0 unspecified atom stereocenters. The lowest BCUT2D eigenvalue weighted by molar-refractivity contribution is -0.153. The first-order valence-electron chi connectivity index (χ1n) is 6.94. The van der Waals surface area contributed by atoms with Crippen LogP contribution in [0.4, 0.5) is 17.6 Å². The summed E-state index contributed by atoms with van der Waals surface area (Å²) in [7, 11) is 0. The second-order valence-corrected chi connectivity index (χ2v) is 4.84. The van der Waals surface area contributed by atoms with Gasteiger partial charge in [0.1, 0.15) is 5.82 Å². The number of aryl methyl sites for hydroxylation is 1. The molecule has 5 nitrogen and oxygen atoms in total. The Morgan fingerprint density at radius 1 is 1.33 bits per heavy atom. The van der Waals surface area contributed by atoms with Crippen LogP contribution in [0.1, 0.15) is 23.0 Å². The number of halogens is 4. The Balaban J connectivity index is 2.41. The Bertz CT molecular complexity index is 741. The van der Waals surface area contributed by atoms with Gasteiger partial charge in [-0.25, -0.2) is 13.9 Å². The average molecular weight is 346 g/mol. The molecule has 2 rings (SSSR count). The molecule has 0 aliphatic heterocycles. The van der Waals surface area contributed by atoms with Gasteiger partial charge in [0, 0.05) is 0 Å². The van der Waals surface area contributed by atoms with Gasteiger partial charge in [-0.05, 0) is 37.6 Å². The summed E-state index contributed by atoms with van der Waals surface area (Å²) in [6, 6.07) is 3.79. The van der Waals surface area contributed by atoms with Crippen molar-refractivity contribution < 1.29 is 31.8 Å². The minimum absolute atomic E-state index is 0.0278. The highest BCUT2D eigenvalue weighted by molar-refractivity contribution is 5.90. The van der Waals surface area contributed by atoms with Crippen LogP contribution in [0.25, 0.3) is 5.69 Å². The third-order valence-corrected chi connectivity index (χ3v) is 2.95. The predicted octanol–water partition coefficient (Wildman–Crippen LogP) is 3.44. The number of alkyl halides is 3. The maximum absolute atomic E-state index is 13.2. The molecule has 0 saturated carbocycles. The van der Waals surface area contributed by atoms with E-state index in [2.05, 4.69) is 9.84 Å². The molecule has 0 fully saturated rings. The standard InChI is InChI=1S/C15H14F4N2O3/c1-3-23-14(22)13-12(24-8-15(17,18)19)7-21(20-13)11-5-4-10(16)6-9(11)2/h4-7H,3,8H2,1-2H3. The fourth-order valence-corrected chi connectivity index (χ4v) is 1.96. The zero-order valence-corrected chi connectivity index (χ0v) is 12.9. The van der Waals surface area contributed by atoms with Gasteiger partial charge in [-0.1, -0.05) is 0 Å². The molecule has 0 N–H and O–H groups in total. The lowest BCUT2D eigenvalue weighted by Crippen LogP contribution is -2.20. The molecule has 2 aromatic rings. The van der Waals surface area contributed by atoms with E-state index >= 15 is 0 Å². The van der Waals surface area contributed by atoms with Crippen LogP contribution in [0.2, 0.25) is 0 Å². The summed E-state index contributed by atoms with van der Waals surface area (Å²) in [5, 5.41) is 3.92. The van der Waals surface area contributed by atoms with E-state index in [0.29, 0.717) is 11.3 Å². The van der Waals surface area contributed by atoms with Crippen molar-refractivity contribution in [2.45, 2.75) is 20.0 Å². The van der Waals surface area contributed by atoms with E-state index in [-0.39, 0.29) is 18.1 Å². The quantitative estimate of drug-likeness (QED) is 0.615. The molecule has 9 heteroatoms. The Morgan fingerprint density at radius 2 is 2.04 bits per heavy atom. The predicted molar refractivity (Wildman–Crippen MR) is 75.8 cm³/mol. The monoisotopic (exact) mass is 346 g/mol. The maximum atomic E-state index is 13.2. The van der Waals surface area contributed by atoms with Crippen LogP contribution in [-0.4, -0.2) is 35.1 Å². The molecule has 0 aliphatic carbocycles. The molecule has 0 amide bonds. The van der Waals surface area contributed by atoms with Gasteiger partial charge in [-0.15, -0.1) is 0 Å². The van der Waals surface area contributed by atoms with Crippen molar-refractivity contribution in [2.75, 3.05) is 13.2 Å². The average Bonchev–Trinajstić information content (AvgIpc) is 2.88. The molecule has 1 heterocycles. The summed E-state index contributed by atoms with van der Waals surface area (Å²) < 4.78 is 60.8. The summed E-state index contributed by atoms with van der Waals surface area (Å²) in [5.41, 5.74) is 0.490. The molecular formula is C15H14F4N2O3. The van der Waals surface area contributed by atoms with Gasteiger partial charge in [0.25, 0.3) is 0 Å². The van der Waals surface area contributed by atoms with Crippen LogP contribution in [0, 0.1) is 12.7 Å². The van der Waals surface area contributed by atoms with Crippen molar-refractivity contribution in [1.82, 2.24) is 9.78 Å². The smallest absolute Gasteiger partial charge is 0.422 e. The number of carbonyl (C=O) groups is 1. The normalized spacial score (nSPS) is 11.4. The van der Waals surface area contributed by atoms with Crippen molar-refractivity contribution in [3.8, 4) is 11.4 Å². The van der Waals surface area contributed by atoms with E-state index in [1.54, 1.807) is 13.8 Å². The van der Waals surface area contributed by atoms with E-state index in [0.717, 1.165) is 10.9 Å². The van der Waals surface area contributed by atoms with Gasteiger partial charge >= 0.3 is 12.1 Å². The molecule has 1 aromatic heterocycles. The van der Waals surface area contributed by atoms with Gasteiger partial charge < -0.3 is 9.47 Å². The summed E-state index contributed by atoms with van der Waals surface area (Å²) in [6.45, 7) is 1.60. The molecule has 0 spiro atoms. The Kier molecular flexibility index (Phi) is 5.10. The van der Waals surface area contributed by atoms with Crippen molar-refractivity contribution in [2.24, 2.45) is 0 Å². The highest BCUT2D eigenvalue weighted by atomic mass is 19.4. The fourth-order valence-electron chi connectivity index (χ4n) is 1.96. The zero-order chi connectivity index (χ0) is 17.9. The van der Waals surface area contributed by atoms with Crippen LogP contribution in [0.15, 0.2) is 24.4 Å². The number of nitrogens with zero attached hydrogens (tertiary/aromatic N) is 2. The van der Waals surface area contributed by atoms with Crippen molar-refractivity contribution in [3.05, 3.63) is 41.5 Å². The zero-order valence-electron chi connectivity index (χ0n) is 12.9. The molecule has 130 valence electrons. The molecule has 24 heavy (non-hydrogen) atoms. The summed E-state index contributed by atoms with van der Waals surface area (Å²) in [5.74, 6) is -1.75. The topological polar surface area (TPSA) is 53.3 Å². The highest BCUT2D eigenvalue weighted by Crippen LogP contribution is 2.25. The Morgan fingerprint density at radius 3 is 2.62 bits per heavy atom. The van der Waals surface area contributed by atoms with Gasteiger partial charge in [0.15, 0.2) is 12.4 Å². The number of rotatable bonds is 5. The summed E-state index contributed by atoms with van der Waals surface area (Å²) in [6.07, 6.45) is -3.45. The van der Waals surface area contributed by atoms with Crippen LogP contribution in [0.5, 0.6) is 5.75 Å². The van der Waals surface area contributed by atoms with Crippen molar-refractivity contribution in [1.29, 1.82) is 0 Å². The Labute approximate surface area is 134 Å². The maximum Gasteiger partial charge on any atom is 0.422 e. The van der Waals surface area contributed by atoms with Crippen molar-refractivity contribution in [3.63, 3.8) is 0 Å². The molecule has 0 atom stereocenters. The SMILES string of the molecule is CCOC(=O)c1nn(-c2ccc(F)cc2C)cc1OCC(F)(F)F. The number of esters is 1. The number of carbonyl (C=O) groups excluding carboxylic acids is 1. The van der Waals surface area contributed by atoms with E-state index in [1.807, 2.05) is 0 Å². The van der Waals surface area contributed by atoms with Crippen LogP contribution < -0.4 is 4.74 Å². The first-order valence-corrected chi connectivity index (χ1v) is 6.94. The minimum atomic E-state index is -4.57. The molecular weight excluding hydrogens is 332 g/mol. The van der Waals surface area contributed by atoms with Crippen molar-refractivity contribution >= 4 is 5.97 Å². The third kappa shape index (κ3) is 4.24. The van der Waals surface area contributed by atoms with Crippen LogP contribution in [0.3, 0.4) is 0 Å². The van der Waals surface area contributed by atoms with Crippen LogP contribution >= 0.6 is 0 Å². The molecule has 0 aliphatic rings. The van der Waals surface area contributed by atoms with Crippen LogP contribution in [-0.2, 0) is 4.74 Å². The fraction of sp³-hybridized carbons (Fsp3) is 0.333. The highest BCUT2D eigenvalue weighted by Gasteiger charge is 2.30. The Hall–Kier alpha value is -2.58. The van der Waals surface area contributed by atoms with Gasteiger partial charge in [0.2, 0.25) is 5.69 Å². The first kappa shape index (κ1) is 17.8. The lowest BCUT2D eigenvalue weighted by Gasteiger charge is -2.08. The van der Waals surface area contributed by atoms with Gasteiger partial charge in [-0.2, -0.15) is 18.3 Å². The third-order valence-electron chi connectivity index (χ3n) is 2.95. The van der Waals surface area contributed by atoms with Gasteiger partial charge in [0.05, 0.1) is 18.5 Å². The number of hydrogen-bond donors (Lipinski definition) is 0. The second kappa shape index (κ2) is 6.90. The van der Waals surface area contributed by atoms with E-state index in [4.69, 9.17) is 4.74 Å². The van der Waals surface area contributed by atoms with E-state index in [9.17, 15) is 22.4 Å². The first-order chi connectivity index (χ1) is 11.2. The minimum Gasteiger partial charge on any atom is -0.480 e. The molecule has 0 bridgehead atoms. The summed E-state index contributed by atoms with van der Waals surface area (Å²) in [4.78, 5) is 11.9. The van der Waals surface area contributed by atoms with E-state index < -0.39 is 24.6 Å². The second-order valence-electron chi connectivity index (χ2n) is 4.84. The summed E-state index contributed by atoms with van der Waals surface area (Å²) >= 11 is 0. The molecule has 0 saturated heterocycles. The number of ether oxygens (including phenoxy) is 2. The van der Waals surface area contributed by atoms with Gasteiger partial charge in [-0.3, -0.25) is 0 Å². The number of aromatic nitrogens is 2. The molecule has 0 radical (unpaired) electrons. The number of hydrogen-bond acceptors (Lipinski definition) is 4.